The highest BCUT2D eigenvalue weighted by atomic mass is 16.8. The van der Waals surface area contributed by atoms with Crippen molar-refractivity contribution in [2.24, 2.45) is 47.3 Å². The van der Waals surface area contributed by atoms with Crippen LogP contribution >= 0.6 is 0 Å². The average Bonchev–Trinajstić information content (AvgIpc) is 3.27. The van der Waals surface area contributed by atoms with Crippen molar-refractivity contribution >= 4 is 11.9 Å². The Morgan fingerprint density at radius 1 is 0.381 bits per heavy atom. The zero-order valence-corrected chi connectivity index (χ0v) is 43.4. The van der Waals surface area contributed by atoms with Gasteiger partial charge in [0.2, 0.25) is 0 Å². The van der Waals surface area contributed by atoms with Crippen LogP contribution in [0.15, 0.2) is 0 Å². The van der Waals surface area contributed by atoms with E-state index in [0.29, 0.717) is 36.5 Å². The quantitative estimate of drug-likeness (QED) is 0.0451. The summed E-state index contributed by atoms with van der Waals surface area (Å²) in [4.78, 5) is 26.9. The second-order valence-electron chi connectivity index (χ2n) is 21.1. The third-order valence-corrected chi connectivity index (χ3v) is 15.8. The first-order valence-corrected chi connectivity index (χ1v) is 27.7. The maximum atomic E-state index is 13.4. The van der Waals surface area contributed by atoms with Gasteiger partial charge in [0.05, 0.1) is 12.2 Å². The van der Waals surface area contributed by atoms with Crippen molar-refractivity contribution in [3.63, 3.8) is 0 Å². The molecule has 372 valence electrons. The summed E-state index contributed by atoms with van der Waals surface area (Å²) in [5, 5.41) is 0. The van der Waals surface area contributed by atoms with Gasteiger partial charge in [0, 0.05) is 24.7 Å². The summed E-state index contributed by atoms with van der Waals surface area (Å²) in [7, 11) is 0. The van der Waals surface area contributed by atoms with Crippen molar-refractivity contribution in [3.05, 3.63) is 0 Å². The molecular formula is C56H106O7. The molecule has 2 rings (SSSR count). The summed E-state index contributed by atoms with van der Waals surface area (Å²) in [6.45, 7) is 23.0. The maximum absolute atomic E-state index is 13.4. The molecule has 0 N–H and O–H groups in total. The number of hydrogen-bond donors (Lipinski definition) is 0. The van der Waals surface area contributed by atoms with E-state index in [0.717, 1.165) is 25.7 Å². The molecule has 0 saturated carbocycles. The third kappa shape index (κ3) is 24.4. The summed E-state index contributed by atoms with van der Waals surface area (Å²) in [6, 6.07) is 0. The van der Waals surface area contributed by atoms with E-state index in [4.69, 9.17) is 23.7 Å². The van der Waals surface area contributed by atoms with Crippen LogP contribution in [0.25, 0.3) is 0 Å². The molecule has 0 radical (unpaired) electrons. The van der Waals surface area contributed by atoms with Gasteiger partial charge < -0.3 is 23.7 Å². The zero-order chi connectivity index (χ0) is 46.2. The molecule has 0 spiro atoms. The Bertz CT molecular complexity index is 997. The minimum absolute atomic E-state index is 0.0860. The second kappa shape index (κ2) is 35.9. The van der Waals surface area contributed by atoms with E-state index in [2.05, 4.69) is 69.2 Å². The standard InChI is InChI=1S/C56H106O7/c1-11-15-19-23-27-31-35-49(36-32-28-24-20-16-12-2)39-53(57)59-41-51-45(7)43(5)47(9)55(61-51)63-56-48(10)44(6)46(8)52(62-56)42-60-54(58)40-50(37-33-29-25-21-17-13-3)38-34-30-26-22-18-14-4/h43-52,55-56H,11-42H2,1-10H3/t43-,44-,45+,46+,47?,48?,51?,52?,55-,56-/m0/s1. The van der Waals surface area contributed by atoms with Crippen LogP contribution in [-0.4, -0.2) is 49.9 Å². The van der Waals surface area contributed by atoms with Gasteiger partial charge in [-0.1, -0.05) is 223 Å². The number of esters is 2. The van der Waals surface area contributed by atoms with Crippen LogP contribution < -0.4 is 0 Å². The van der Waals surface area contributed by atoms with Gasteiger partial charge in [-0.2, -0.15) is 0 Å². The van der Waals surface area contributed by atoms with Gasteiger partial charge in [0.15, 0.2) is 12.6 Å². The number of carbonyl (C=O) groups is 2. The minimum Gasteiger partial charge on any atom is -0.463 e. The lowest BCUT2D eigenvalue weighted by molar-refractivity contribution is -0.344. The number of unbranched alkanes of at least 4 members (excludes halogenated alkanes) is 20. The number of ether oxygens (including phenoxy) is 5. The summed E-state index contributed by atoms with van der Waals surface area (Å²) < 4.78 is 32.3. The third-order valence-electron chi connectivity index (χ3n) is 15.8. The van der Waals surface area contributed by atoms with Crippen molar-refractivity contribution in [1.29, 1.82) is 0 Å². The second-order valence-corrected chi connectivity index (χ2v) is 21.1. The van der Waals surface area contributed by atoms with Gasteiger partial charge in [-0.25, -0.2) is 0 Å². The van der Waals surface area contributed by atoms with Gasteiger partial charge in [0.1, 0.15) is 13.2 Å². The Kier molecular flexibility index (Phi) is 33.1. The number of carbonyl (C=O) groups excluding carboxylic acids is 2. The van der Waals surface area contributed by atoms with E-state index in [1.807, 2.05) is 0 Å². The van der Waals surface area contributed by atoms with E-state index in [9.17, 15) is 9.59 Å². The van der Waals surface area contributed by atoms with Crippen molar-refractivity contribution in [3.8, 4) is 0 Å². The summed E-state index contributed by atoms with van der Waals surface area (Å²) in [5.41, 5.74) is 0. The molecule has 2 aliphatic rings. The first-order valence-electron chi connectivity index (χ1n) is 27.7. The van der Waals surface area contributed by atoms with E-state index >= 15 is 0 Å². The van der Waals surface area contributed by atoms with Crippen LogP contribution in [0.1, 0.15) is 262 Å². The molecule has 2 saturated heterocycles. The predicted molar refractivity (Wildman–Crippen MR) is 263 cm³/mol. The lowest BCUT2D eigenvalue weighted by Gasteiger charge is -2.48. The lowest BCUT2D eigenvalue weighted by Crippen LogP contribution is -2.53. The van der Waals surface area contributed by atoms with Crippen LogP contribution in [0.2, 0.25) is 0 Å². The van der Waals surface area contributed by atoms with Crippen LogP contribution in [0.3, 0.4) is 0 Å². The van der Waals surface area contributed by atoms with Crippen LogP contribution in [-0.2, 0) is 33.3 Å². The molecule has 7 nitrogen and oxygen atoms in total. The Morgan fingerprint density at radius 2 is 0.651 bits per heavy atom. The van der Waals surface area contributed by atoms with Gasteiger partial charge >= 0.3 is 11.9 Å². The molecule has 0 aromatic carbocycles. The van der Waals surface area contributed by atoms with E-state index < -0.39 is 12.6 Å². The van der Waals surface area contributed by atoms with Crippen LogP contribution in [0, 0.1) is 47.3 Å². The SMILES string of the molecule is CCCCCCCCC(CCCCCCCC)CC(=O)OCC1O[C@@H](O[C@@H]2OC(COC(=O)CC(CCCCCCCC)CCCCCCCC)[C@H](C)[C@H](C)C2C)C(C)[C@@H](C)[C@H]1C. The largest absolute Gasteiger partial charge is 0.463 e. The maximum Gasteiger partial charge on any atom is 0.306 e. The summed E-state index contributed by atoms with van der Waals surface area (Å²) >= 11 is 0. The Hall–Kier alpha value is -1.18. The van der Waals surface area contributed by atoms with Crippen LogP contribution in [0.4, 0.5) is 0 Å². The van der Waals surface area contributed by atoms with E-state index in [-0.39, 0.29) is 61.0 Å². The molecule has 2 fully saturated rings. The fraction of sp³-hybridized carbons (Fsp3) is 0.964. The Balaban J connectivity index is 1.97. The first kappa shape index (κ1) is 57.9. The summed E-state index contributed by atoms with van der Waals surface area (Å²) in [5.74, 6) is 1.97. The van der Waals surface area contributed by atoms with Gasteiger partial charge in [-0.05, 0) is 61.2 Å². The Labute approximate surface area is 391 Å². The average molecular weight is 891 g/mol. The normalized spacial score (nSPS) is 26.4. The number of hydrogen-bond acceptors (Lipinski definition) is 7. The lowest BCUT2D eigenvalue weighted by atomic mass is 9.78. The molecule has 63 heavy (non-hydrogen) atoms. The molecule has 0 aromatic heterocycles. The molecule has 0 aromatic rings. The topological polar surface area (TPSA) is 80.3 Å². The monoisotopic (exact) mass is 891 g/mol. The molecule has 0 aliphatic carbocycles. The first-order chi connectivity index (χ1) is 30.5. The van der Waals surface area contributed by atoms with Gasteiger partial charge in [0.25, 0.3) is 0 Å². The highest BCUT2D eigenvalue weighted by Gasteiger charge is 2.46. The van der Waals surface area contributed by atoms with Gasteiger partial charge in [-0.15, -0.1) is 0 Å². The molecular weight excluding hydrogens is 785 g/mol. The van der Waals surface area contributed by atoms with E-state index in [1.54, 1.807) is 0 Å². The minimum atomic E-state index is -0.478. The Morgan fingerprint density at radius 3 is 0.937 bits per heavy atom. The molecule has 4 unspecified atom stereocenters. The van der Waals surface area contributed by atoms with Crippen molar-refractivity contribution in [2.45, 2.75) is 287 Å². The fourth-order valence-electron chi connectivity index (χ4n) is 10.3. The fourth-order valence-corrected chi connectivity index (χ4v) is 10.3. The van der Waals surface area contributed by atoms with Crippen LogP contribution in [0.5, 0.6) is 0 Å². The van der Waals surface area contributed by atoms with Crippen molar-refractivity contribution < 1.29 is 33.3 Å². The predicted octanol–water partition coefficient (Wildman–Crippen LogP) is 16.4. The molecule has 2 aliphatic heterocycles. The molecule has 7 heteroatoms. The van der Waals surface area contributed by atoms with Crippen molar-refractivity contribution in [1.82, 2.24) is 0 Å². The van der Waals surface area contributed by atoms with Crippen molar-refractivity contribution in [2.75, 3.05) is 13.2 Å². The van der Waals surface area contributed by atoms with Gasteiger partial charge in [-0.3, -0.25) is 9.59 Å². The summed E-state index contributed by atoms with van der Waals surface area (Å²) in [6.07, 6.45) is 34.7. The molecule has 0 amide bonds. The highest BCUT2D eigenvalue weighted by Crippen LogP contribution is 2.41. The smallest absolute Gasteiger partial charge is 0.306 e. The highest BCUT2D eigenvalue weighted by molar-refractivity contribution is 5.70. The number of rotatable bonds is 38. The van der Waals surface area contributed by atoms with E-state index in [1.165, 1.54) is 154 Å². The molecule has 10 atom stereocenters. The molecule has 2 heterocycles. The molecule has 0 bridgehead atoms. The zero-order valence-electron chi connectivity index (χ0n) is 43.4.